The van der Waals surface area contributed by atoms with Crippen LogP contribution in [0.4, 0.5) is 4.39 Å². The van der Waals surface area contributed by atoms with Crippen molar-refractivity contribution < 1.29 is 8.60 Å². The van der Waals surface area contributed by atoms with Crippen LogP contribution < -0.4 is 0 Å². The summed E-state index contributed by atoms with van der Waals surface area (Å²) in [5, 5.41) is 13.2. The number of aromatic nitrogens is 3. The molecule has 0 spiro atoms. The maximum Gasteiger partial charge on any atom is 0.240 e. The van der Waals surface area contributed by atoms with Crippen LogP contribution in [0.2, 0.25) is 5.02 Å². The minimum Gasteiger partial charge on any atom is -0.250 e. The van der Waals surface area contributed by atoms with Gasteiger partial charge >= 0.3 is 0 Å². The third-order valence-electron chi connectivity index (χ3n) is 3.31. The first kappa shape index (κ1) is 14.2. The highest BCUT2D eigenvalue weighted by Gasteiger charge is 2.36. The van der Waals surface area contributed by atoms with Gasteiger partial charge in [-0.25, -0.2) is 18.3 Å². The zero-order chi connectivity index (χ0) is 15.0. The van der Waals surface area contributed by atoms with Gasteiger partial charge in [0.2, 0.25) is 5.16 Å². The Morgan fingerprint density at radius 3 is 3.00 bits per heavy atom. The number of hydrogen-bond acceptors (Lipinski definition) is 4. The van der Waals surface area contributed by atoms with Crippen LogP contribution in [-0.2, 0) is 10.8 Å². The van der Waals surface area contributed by atoms with Crippen molar-refractivity contribution >= 4 is 22.4 Å². The van der Waals surface area contributed by atoms with E-state index in [-0.39, 0.29) is 29.2 Å². The maximum absolute atomic E-state index is 14.1. The number of rotatable bonds is 3. The molecule has 1 aromatic carbocycles. The fraction of sp³-hybridized carbons (Fsp3) is 0.308. The summed E-state index contributed by atoms with van der Waals surface area (Å²) in [6.07, 6.45) is -1.09. The number of fused-ring (bicyclic) bond motifs is 1. The highest BCUT2D eigenvalue weighted by atomic mass is 35.5. The van der Waals surface area contributed by atoms with E-state index in [9.17, 15) is 8.60 Å². The van der Waals surface area contributed by atoms with Gasteiger partial charge < -0.3 is 0 Å². The molecule has 0 bridgehead atoms. The van der Waals surface area contributed by atoms with E-state index in [2.05, 4.69) is 10.1 Å². The molecular formula is C13H10ClFN4OS. The quantitative estimate of drug-likeness (QED) is 0.870. The van der Waals surface area contributed by atoms with Crippen molar-refractivity contribution in [2.45, 2.75) is 23.8 Å². The second-order valence-corrected chi connectivity index (χ2v) is 6.34. The van der Waals surface area contributed by atoms with Crippen molar-refractivity contribution in [3.63, 3.8) is 0 Å². The number of halogens is 2. The smallest absolute Gasteiger partial charge is 0.240 e. The Morgan fingerprint density at radius 1 is 1.52 bits per heavy atom. The number of alkyl halides is 1. The van der Waals surface area contributed by atoms with Gasteiger partial charge in [0, 0.05) is 11.4 Å². The lowest BCUT2D eigenvalue weighted by Gasteiger charge is -2.13. The first-order chi connectivity index (χ1) is 10.1. The van der Waals surface area contributed by atoms with Crippen LogP contribution in [0, 0.1) is 11.3 Å². The second kappa shape index (κ2) is 5.54. The van der Waals surface area contributed by atoms with Gasteiger partial charge in [-0.1, -0.05) is 29.8 Å². The van der Waals surface area contributed by atoms with Gasteiger partial charge in [-0.3, -0.25) is 0 Å². The van der Waals surface area contributed by atoms with Crippen LogP contribution in [0.15, 0.2) is 29.4 Å². The van der Waals surface area contributed by atoms with Gasteiger partial charge in [0.25, 0.3) is 0 Å². The van der Waals surface area contributed by atoms with Crippen molar-refractivity contribution in [1.29, 1.82) is 5.26 Å². The molecule has 3 atom stereocenters. The van der Waals surface area contributed by atoms with Gasteiger partial charge in [0.15, 0.2) is 12.0 Å². The number of nitrogens with zero attached hydrogens (tertiary/aromatic N) is 4. The zero-order valence-corrected chi connectivity index (χ0v) is 12.3. The summed E-state index contributed by atoms with van der Waals surface area (Å²) in [6.45, 7) is 0. The summed E-state index contributed by atoms with van der Waals surface area (Å²) in [5.74, 6) is -0.0711. The summed E-state index contributed by atoms with van der Waals surface area (Å²) in [7, 11) is -1.64. The highest BCUT2D eigenvalue weighted by Crippen LogP contribution is 2.41. The Bertz CT molecular complexity index is 757. The minimum absolute atomic E-state index is 0.00838. The van der Waals surface area contributed by atoms with Gasteiger partial charge in [-0.05, 0) is 11.6 Å². The van der Waals surface area contributed by atoms with E-state index in [4.69, 9.17) is 16.9 Å². The lowest BCUT2D eigenvalue weighted by atomic mass is 10.0. The molecule has 0 saturated heterocycles. The maximum atomic E-state index is 14.1. The summed E-state index contributed by atoms with van der Waals surface area (Å²) in [4.78, 5) is 3.98. The Morgan fingerprint density at radius 2 is 2.29 bits per heavy atom. The lowest BCUT2D eigenvalue weighted by molar-refractivity contribution is 0.327. The normalized spacial score (nSPS) is 21.8. The van der Waals surface area contributed by atoms with Gasteiger partial charge in [0.1, 0.15) is 16.6 Å². The molecule has 0 unspecified atom stereocenters. The third kappa shape index (κ3) is 2.45. The van der Waals surface area contributed by atoms with E-state index >= 15 is 0 Å². The van der Waals surface area contributed by atoms with Crippen LogP contribution in [0.1, 0.15) is 30.0 Å². The Labute approximate surface area is 127 Å². The van der Waals surface area contributed by atoms with Crippen molar-refractivity contribution in [2.75, 3.05) is 5.75 Å². The molecule has 8 heteroatoms. The lowest BCUT2D eigenvalue weighted by Crippen LogP contribution is -2.09. The monoisotopic (exact) mass is 324 g/mol. The average molecular weight is 325 g/mol. The van der Waals surface area contributed by atoms with E-state index in [0.717, 1.165) is 5.56 Å². The molecule has 0 fully saturated rings. The highest BCUT2D eigenvalue weighted by molar-refractivity contribution is 7.85. The first-order valence-corrected chi connectivity index (χ1v) is 7.91. The minimum atomic E-state index is -1.64. The van der Waals surface area contributed by atoms with Crippen LogP contribution in [-0.4, -0.2) is 24.7 Å². The van der Waals surface area contributed by atoms with Gasteiger partial charge in [-0.2, -0.15) is 5.26 Å². The molecule has 5 nitrogen and oxygen atoms in total. The first-order valence-electron chi connectivity index (χ1n) is 6.22. The molecule has 0 amide bonds. The van der Waals surface area contributed by atoms with Crippen molar-refractivity contribution in [1.82, 2.24) is 14.8 Å². The summed E-state index contributed by atoms with van der Waals surface area (Å²) in [5.41, 5.74) is 0.753. The molecule has 1 aliphatic heterocycles. The number of benzene rings is 1. The second-order valence-electron chi connectivity index (χ2n) is 4.59. The molecule has 0 aliphatic carbocycles. The fourth-order valence-corrected chi connectivity index (χ4v) is 3.27. The van der Waals surface area contributed by atoms with E-state index in [1.165, 1.54) is 4.68 Å². The number of nitriles is 1. The zero-order valence-electron chi connectivity index (χ0n) is 10.7. The molecule has 1 aliphatic rings. The molecule has 108 valence electrons. The van der Waals surface area contributed by atoms with Gasteiger partial charge in [-0.15, -0.1) is 5.10 Å². The summed E-state index contributed by atoms with van der Waals surface area (Å²) >= 11 is 6.15. The largest absolute Gasteiger partial charge is 0.250 e. The van der Waals surface area contributed by atoms with E-state index in [0.29, 0.717) is 5.02 Å². The van der Waals surface area contributed by atoms with Crippen LogP contribution in [0.25, 0.3) is 0 Å². The molecule has 0 radical (unpaired) electrons. The fourth-order valence-electron chi connectivity index (χ4n) is 2.38. The van der Waals surface area contributed by atoms with E-state index in [1.807, 2.05) is 12.1 Å². The molecular weight excluding hydrogens is 315 g/mol. The predicted molar refractivity (Wildman–Crippen MR) is 75.0 cm³/mol. The Balaban J connectivity index is 2.02. The van der Waals surface area contributed by atoms with Crippen molar-refractivity contribution in [2.24, 2.45) is 0 Å². The van der Waals surface area contributed by atoms with Crippen molar-refractivity contribution in [3.8, 4) is 6.07 Å². The van der Waals surface area contributed by atoms with Crippen LogP contribution in [0.3, 0.4) is 0 Å². The summed E-state index contributed by atoms with van der Waals surface area (Å²) < 4.78 is 27.3. The van der Waals surface area contributed by atoms with E-state index in [1.54, 1.807) is 18.2 Å². The third-order valence-corrected chi connectivity index (χ3v) is 4.62. The number of hydrogen-bond donors (Lipinski definition) is 0. The average Bonchev–Trinajstić information content (AvgIpc) is 3.01. The van der Waals surface area contributed by atoms with Crippen LogP contribution >= 0.6 is 11.6 Å². The van der Waals surface area contributed by atoms with Crippen LogP contribution in [0.5, 0.6) is 0 Å². The van der Waals surface area contributed by atoms with Crippen molar-refractivity contribution in [3.05, 3.63) is 40.7 Å². The predicted octanol–water partition coefficient (Wildman–Crippen LogP) is 2.57. The SMILES string of the molecule is N#CC[S@@](=O)c1nc2n(n1)[C@@H](c1ccccc1Cl)C[C@H]2F. The molecule has 1 aromatic heterocycles. The van der Waals surface area contributed by atoms with E-state index < -0.39 is 17.0 Å². The Kier molecular flexibility index (Phi) is 3.74. The molecule has 2 aromatic rings. The molecule has 3 rings (SSSR count). The van der Waals surface area contributed by atoms with Gasteiger partial charge in [0.05, 0.1) is 12.1 Å². The molecule has 2 heterocycles. The molecule has 21 heavy (non-hydrogen) atoms. The standard InChI is InChI=1S/C13H10ClFN4OS/c14-9-4-2-1-3-8(9)11-7-10(15)12-17-13(18-19(11)12)21(20)6-5-16/h1-4,10-11H,6-7H2/t10-,11-,21-/m1/s1. The topological polar surface area (TPSA) is 71.6 Å². The molecule has 0 saturated carbocycles. The summed E-state index contributed by atoms with van der Waals surface area (Å²) in [6, 6.07) is 8.57. The Hall–Kier alpha value is -1.78. The molecule has 0 N–H and O–H groups in total.